The fourth-order valence-electron chi connectivity index (χ4n) is 3.20. The van der Waals surface area contributed by atoms with Gasteiger partial charge in [0.25, 0.3) is 0 Å². The first-order valence-corrected chi connectivity index (χ1v) is 10.6. The molecule has 1 atom stereocenters. The summed E-state index contributed by atoms with van der Waals surface area (Å²) in [4.78, 5) is 24.0. The molecule has 1 unspecified atom stereocenters. The number of benzene rings is 1. The van der Waals surface area contributed by atoms with Crippen LogP contribution in [0.25, 0.3) is 0 Å². The highest BCUT2D eigenvalue weighted by Crippen LogP contribution is 2.24. The molecular formula is C19H28N2O5S. The molecule has 1 amide bonds. The average Bonchev–Trinajstić information content (AvgIpc) is 2.61. The fraction of sp³-hybridized carbons (Fsp3) is 0.579. The first-order chi connectivity index (χ1) is 12.6. The van der Waals surface area contributed by atoms with Crippen molar-refractivity contribution < 1.29 is 23.1 Å². The number of hydrogen-bond acceptors (Lipinski definition) is 4. The normalized spacial score (nSPS) is 17.6. The van der Waals surface area contributed by atoms with Crippen LogP contribution in [0.1, 0.15) is 38.7 Å². The van der Waals surface area contributed by atoms with Gasteiger partial charge in [-0.2, -0.15) is 4.31 Å². The van der Waals surface area contributed by atoms with E-state index in [1.807, 2.05) is 20.8 Å². The molecule has 1 saturated heterocycles. The zero-order valence-electron chi connectivity index (χ0n) is 16.0. The van der Waals surface area contributed by atoms with Crippen LogP contribution in [0.3, 0.4) is 0 Å². The molecule has 0 radical (unpaired) electrons. The molecule has 8 heteroatoms. The number of piperidine rings is 1. The summed E-state index contributed by atoms with van der Waals surface area (Å²) in [6, 6.07) is 5.79. The maximum absolute atomic E-state index is 12.7. The Morgan fingerprint density at radius 1 is 1.19 bits per heavy atom. The van der Waals surface area contributed by atoms with Gasteiger partial charge in [-0.1, -0.05) is 31.5 Å². The quantitative estimate of drug-likeness (QED) is 0.734. The van der Waals surface area contributed by atoms with Crippen LogP contribution in [0, 0.1) is 18.8 Å². The molecule has 0 spiro atoms. The molecule has 1 aromatic carbocycles. The first kappa shape index (κ1) is 21.4. The predicted octanol–water partition coefficient (Wildman–Crippen LogP) is 2.01. The summed E-state index contributed by atoms with van der Waals surface area (Å²) in [6.07, 6.45) is 1.12. The van der Waals surface area contributed by atoms with Crippen molar-refractivity contribution in [3.63, 3.8) is 0 Å². The Morgan fingerprint density at radius 2 is 1.74 bits per heavy atom. The summed E-state index contributed by atoms with van der Waals surface area (Å²) < 4.78 is 26.8. The number of nitrogens with one attached hydrogen (secondary N) is 1. The maximum atomic E-state index is 12.7. The number of nitrogens with zero attached hydrogens (tertiary/aromatic N) is 1. The fourth-order valence-corrected chi connectivity index (χ4v) is 4.67. The SMILES string of the molecule is Cc1ccc(S(=O)(=O)N2CCC(C(=O)NC(CC(C)C)C(=O)O)CC2)cc1. The number of aryl methyl sites for hydroxylation is 1. The molecule has 1 fully saturated rings. The second-order valence-electron chi connectivity index (χ2n) is 7.52. The van der Waals surface area contributed by atoms with E-state index in [1.54, 1.807) is 24.3 Å². The van der Waals surface area contributed by atoms with E-state index in [4.69, 9.17) is 0 Å². The number of carboxylic acid groups (broad SMARTS) is 1. The van der Waals surface area contributed by atoms with Gasteiger partial charge in [-0.3, -0.25) is 4.79 Å². The highest BCUT2D eigenvalue weighted by atomic mass is 32.2. The van der Waals surface area contributed by atoms with Crippen molar-refractivity contribution in [1.29, 1.82) is 0 Å². The Morgan fingerprint density at radius 3 is 2.22 bits per heavy atom. The van der Waals surface area contributed by atoms with E-state index >= 15 is 0 Å². The number of amides is 1. The summed E-state index contributed by atoms with van der Waals surface area (Å²) in [5, 5.41) is 11.9. The molecule has 27 heavy (non-hydrogen) atoms. The second-order valence-corrected chi connectivity index (χ2v) is 9.46. The largest absolute Gasteiger partial charge is 0.480 e. The number of rotatable bonds is 7. The minimum Gasteiger partial charge on any atom is -0.480 e. The molecule has 150 valence electrons. The van der Waals surface area contributed by atoms with E-state index < -0.39 is 22.0 Å². The molecule has 1 aromatic rings. The Kier molecular flexibility index (Phi) is 7.00. The topological polar surface area (TPSA) is 104 Å². The van der Waals surface area contributed by atoms with Gasteiger partial charge in [-0.05, 0) is 44.2 Å². The molecule has 0 saturated carbocycles. The minimum absolute atomic E-state index is 0.146. The summed E-state index contributed by atoms with van der Waals surface area (Å²) in [6.45, 7) is 6.18. The second kappa shape index (κ2) is 8.84. The maximum Gasteiger partial charge on any atom is 0.326 e. The van der Waals surface area contributed by atoms with Crippen molar-refractivity contribution in [3.8, 4) is 0 Å². The van der Waals surface area contributed by atoms with Gasteiger partial charge in [-0.25, -0.2) is 13.2 Å². The number of hydrogen-bond donors (Lipinski definition) is 2. The van der Waals surface area contributed by atoms with Crippen molar-refractivity contribution >= 4 is 21.9 Å². The van der Waals surface area contributed by atoms with Gasteiger partial charge in [-0.15, -0.1) is 0 Å². The van der Waals surface area contributed by atoms with Gasteiger partial charge in [0.05, 0.1) is 4.90 Å². The summed E-state index contributed by atoms with van der Waals surface area (Å²) >= 11 is 0. The lowest BCUT2D eigenvalue weighted by atomic mass is 9.96. The Labute approximate surface area is 160 Å². The van der Waals surface area contributed by atoms with E-state index in [9.17, 15) is 23.1 Å². The molecular weight excluding hydrogens is 368 g/mol. The molecule has 1 aliphatic rings. The van der Waals surface area contributed by atoms with E-state index in [-0.39, 0.29) is 35.7 Å². The van der Waals surface area contributed by atoms with Gasteiger partial charge >= 0.3 is 5.97 Å². The van der Waals surface area contributed by atoms with Gasteiger partial charge < -0.3 is 10.4 Å². The summed E-state index contributed by atoms with van der Waals surface area (Å²) in [7, 11) is -3.57. The minimum atomic E-state index is -3.57. The van der Waals surface area contributed by atoms with Crippen LogP contribution in [0.5, 0.6) is 0 Å². The van der Waals surface area contributed by atoms with E-state index in [0.29, 0.717) is 19.3 Å². The number of carboxylic acids is 1. The number of aliphatic carboxylic acids is 1. The highest BCUT2D eigenvalue weighted by Gasteiger charge is 2.33. The third-order valence-electron chi connectivity index (χ3n) is 4.81. The van der Waals surface area contributed by atoms with Gasteiger partial charge in [0.15, 0.2) is 0 Å². The third kappa shape index (κ3) is 5.52. The third-order valence-corrected chi connectivity index (χ3v) is 6.72. The van der Waals surface area contributed by atoms with Crippen LogP contribution in [-0.2, 0) is 19.6 Å². The van der Waals surface area contributed by atoms with Crippen LogP contribution in [0.2, 0.25) is 0 Å². The number of sulfonamides is 1. The molecule has 2 rings (SSSR count). The predicted molar refractivity (Wildman–Crippen MR) is 102 cm³/mol. The van der Waals surface area contributed by atoms with Crippen LogP contribution >= 0.6 is 0 Å². The molecule has 0 aromatic heterocycles. The smallest absolute Gasteiger partial charge is 0.326 e. The average molecular weight is 397 g/mol. The van der Waals surface area contributed by atoms with Crippen molar-refractivity contribution in [1.82, 2.24) is 9.62 Å². The van der Waals surface area contributed by atoms with Crippen molar-refractivity contribution in [3.05, 3.63) is 29.8 Å². The standard InChI is InChI=1S/C19H28N2O5S/c1-13(2)12-17(19(23)24)20-18(22)15-8-10-21(11-9-15)27(25,26)16-6-4-14(3)5-7-16/h4-7,13,15,17H,8-12H2,1-3H3,(H,20,22)(H,23,24). The lowest BCUT2D eigenvalue weighted by Crippen LogP contribution is -2.47. The van der Waals surface area contributed by atoms with Crippen LogP contribution in [0.4, 0.5) is 0 Å². The number of carbonyl (C=O) groups is 2. The van der Waals surface area contributed by atoms with Crippen molar-refractivity contribution in [2.45, 2.75) is 51.0 Å². The first-order valence-electron chi connectivity index (χ1n) is 9.21. The van der Waals surface area contributed by atoms with Crippen LogP contribution in [0.15, 0.2) is 29.2 Å². The zero-order valence-corrected chi connectivity index (χ0v) is 16.8. The van der Waals surface area contributed by atoms with Crippen molar-refractivity contribution in [2.75, 3.05) is 13.1 Å². The Bertz CT molecular complexity index is 766. The van der Waals surface area contributed by atoms with Crippen molar-refractivity contribution in [2.24, 2.45) is 11.8 Å². The molecule has 1 aliphatic heterocycles. The van der Waals surface area contributed by atoms with E-state index in [0.717, 1.165) is 5.56 Å². The molecule has 0 aliphatic carbocycles. The lowest BCUT2D eigenvalue weighted by molar-refractivity contribution is -0.143. The van der Waals surface area contributed by atoms with Gasteiger partial charge in [0.1, 0.15) is 6.04 Å². The van der Waals surface area contributed by atoms with Gasteiger partial charge in [0, 0.05) is 19.0 Å². The number of carbonyl (C=O) groups excluding carboxylic acids is 1. The zero-order chi connectivity index (χ0) is 20.2. The Balaban J connectivity index is 1.96. The van der Waals surface area contributed by atoms with Gasteiger partial charge in [0.2, 0.25) is 15.9 Å². The van der Waals surface area contributed by atoms with Crippen LogP contribution < -0.4 is 5.32 Å². The lowest BCUT2D eigenvalue weighted by Gasteiger charge is -2.31. The monoisotopic (exact) mass is 396 g/mol. The Hall–Kier alpha value is -1.93. The molecule has 2 N–H and O–H groups in total. The molecule has 1 heterocycles. The molecule has 0 bridgehead atoms. The molecule has 7 nitrogen and oxygen atoms in total. The summed E-state index contributed by atoms with van der Waals surface area (Å²) in [5.74, 6) is -1.58. The summed E-state index contributed by atoms with van der Waals surface area (Å²) in [5.41, 5.74) is 0.985. The van der Waals surface area contributed by atoms with Crippen LogP contribution in [-0.4, -0.2) is 48.8 Å². The van der Waals surface area contributed by atoms with E-state index in [1.165, 1.54) is 4.31 Å². The van der Waals surface area contributed by atoms with E-state index in [2.05, 4.69) is 5.32 Å². The highest BCUT2D eigenvalue weighted by molar-refractivity contribution is 7.89.